The number of nitrogens with one attached hydrogen (secondary N) is 1. The maximum absolute atomic E-state index is 13.1. The molecule has 3 aromatic rings. The van der Waals surface area contributed by atoms with Crippen LogP contribution in [-0.4, -0.2) is 44.0 Å². The summed E-state index contributed by atoms with van der Waals surface area (Å²) >= 11 is 0. The highest BCUT2D eigenvalue weighted by Gasteiger charge is 2.22. The van der Waals surface area contributed by atoms with E-state index in [0.717, 1.165) is 65.2 Å². The number of hydrogen-bond acceptors (Lipinski definition) is 4. The number of amides is 1. The Morgan fingerprint density at radius 3 is 2.45 bits per heavy atom. The first-order chi connectivity index (χ1) is 13.4. The van der Waals surface area contributed by atoms with Gasteiger partial charge in [0.05, 0.1) is 11.4 Å². The van der Waals surface area contributed by atoms with Crippen LogP contribution in [0.1, 0.15) is 27.2 Å². The van der Waals surface area contributed by atoms with E-state index in [1.54, 1.807) is 0 Å². The predicted octanol–water partition coefficient (Wildman–Crippen LogP) is 4.78. The molecule has 154 valence electrons. The third kappa shape index (κ3) is 4.11. The summed E-state index contributed by atoms with van der Waals surface area (Å²) < 4.78 is 5.96. The highest BCUT2D eigenvalue weighted by molar-refractivity contribution is 6.08. The van der Waals surface area contributed by atoms with Gasteiger partial charge in [-0.05, 0) is 57.1 Å². The summed E-state index contributed by atoms with van der Waals surface area (Å²) in [6.45, 7) is 9.98. The van der Waals surface area contributed by atoms with Crippen LogP contribution < -0.4 is 10.2 Å². The van der Waals surface area contributed by atoms with Gasteiger partial charge in [-0.2, -0.15) is 0 Å². The van der Waals surface area contributed by atoms with Crippen LogP contribution >= 0.6 is 12.4 Å². The molecule has 1 fully saturated rings. The van der Waals surface area contributed by atoms with Gasteiger partial charge in [0.2, 0.25) is 0 Å². The third-order valence-electron chi connectivity index (χ3n) is 5.57. The summed E-state index contributed by atoms with van der Waals surface area (Å²) in [6, 6.07) is 12.1. The first-order valence-corrected chi connectivity index (χ1v) is 9.78. The second-order valence-electron chi connectivity index (χ2n) is 7.77. The minimum Gasteiger partial charge on any atom is -0.451 e. The molecule has 29 heavy (non-hydrogen) atoms. The van der Waals surface area contributed by atoms with Crippen molar-refractivity contribution in [2.45, 2.75) is 20.8 Å². The van der Waals surface area contributed by atoms with Gasteiger partial charge >= 0.3 is 0 Å². The standard InChI is InChI=1S/C23H27N3O2.ClH/c1-15-13-16(2)21-17(3)22(28-20(21)14-15)23(27)24-18-7-5-6-8-19(18)26-11-9-25(4)10-12-26;/h5-8,13-14H,9-12H2,1-4H3,(H,24,27);1H. The Balaban J connectivity index is 0.00000240. The summed E-state index contributed by atoms with van der Waals surface area (Å²) in [4.78, 5) is 17.7. The average Bonchev–Trinajstić information content (AvgIpc) is 2.99. The molecule has 0 unspecified atom stereocenters. The summed E-state index contributed by atoms with van der Waals surface area (Å²) in [5.41, 5.74) is 5.81. The number of fused-ring (bicyclic) bond motifs is 1. The van der Waals surface area contributed by atoms with E-state index in [4.69, 9.17) is 4.42 Å². The highest BCUT2D eigenvalue weighted by atomic mass is 35.5. The van der Waals surface area contributed by atoms with Crippen LogP contribution in [0.4, 0.5) is 11.4 Å². The first-order valence-electron chi connectivity index (χ1n) is 9.78. The quantitative estimate of drug-likeness (QED) is 0.671. The molecule has 1 aromatic heterocycles. The van der Waals surface area contributed by atoms with E-state index in [2.05, 4.69) is 41.2 Å². The molecule has 1 aliphatic rings. The fraction of sp³-hybridized carbons (Fsp3) is 0.348. The summed E-state index contributed by atoms with van der Waals surface area (Å²) in [6.07, 6.45) is 0. The Labute approximate surface area is 178 Å². The van der Waals surface area contributed by atoms with E-state index in [1.165, 1.54) is 0 Å². The van der Waals surface area contributed by atoms with Crippen LogP contribution in [0.3, 0.4) is 0 Å². The van der Waals surface area contributed by atoms with E-state index in [-0.39, 0.29) is 18.3 Å². The van der Waals surface area contributed by atoms with E-state index in [0.29, 0.717) is 5.76 Å². The van der Waals surface area contributed by atoms with Crippen LogP contribution in [-0.2, 0) is 0 Å². The van der Waals surface area contributed by atoms with Crippen molar-refractivity contribution in [2.24, 2.45) is 0 Å². The van der Waals surface area contributed by atoms with Gasteiger partial charge in [0, 0.05) is 37.1 Å². The molecule has 6 heteroatoms. The number of nitrogens with zero attached hydrogens (tertiary/aromatic N) is 2. The zero-order valence-electron chi connectivity index (χ0n) is 17.4. The monoisotopic (exact) mass is 413 g/mol. The number of hydrogen-bond donors (Lipinski definition) is 1. The zero-order chi connectivity index (χ0) is 19.8. The predicted molar refractivity (Wildman–Crippen MR) is 122 cm³/mol. The minimum absolute atomic E-state index is 0. The van der Waals surface area contributed by atoms with Crippen LogP contribution in [0.5, 0.6) is 0 Å². The summed E-state index contributed by atoms with van der Waals surface area (Å²) in [5.74, 6) is 0.184. The Bertz CT molecular complexity index is 1040. The molecule has 0 saturated carbocycles. The molecule has 0 aliphatic carbocycles. The van der Waals surface area contributed by atoms with E-state index >= 15 is 0 Å². The van der Waals surface area contributed by atoms with E-state index in [9.17, 15) is 4.79 Å². The molecule has 5 nitrogen and oxygen atoms in total. The fourth-order valence-electron chi connectivity index (χ4n) is 4.09. The van der Waals surface area contributed by atoms with Crippen molar-refractivity contribution >= 4 is 40.7 Å². The number of furan rings is 1. The second kappa shape index (κ2) is 8.47. The van der Waals surface area contributed by atoms with Crippen LogP contribution in [0.15, 0.2) is 40.8 Å². The topological polar surface area (TPSA) is 48.7 Å². The number of anilines is 2. The lowest BCUT2D eigenvalue weighted by Crippen LogP contribution is -2.44. The zero-order valence-corrected chi connectivity index (χ0v) is 18.2. The molecule has 1 saturated heterocycles. The second-order valence-corrected chi connectivity index (χ2v) is 7.77. The van der Waals surface area contributed by atoms with Crippen LogP contribution in [0, 0.1) is 20.8 Å². The van der Waals surface area contributed by atoms with Crippen molar-refractivity contribution in [3.8, 4) is 0 Å². The Kier molecular flexibility index (Phi) is 6.20. The molecular formula is C23H28ClN3O2. The van der Waals surface area contributed by atoms with Crippen molar-refractivity contribution in [3.05, 3.63) is 58.8 Å². The Morgan fingerprint density at radius 2 is 1.72 bits per heavy atom. The molecule has 1 aliphatic heterocycles. The number of halogens is 1. The number of para-hydroxylation sites is 2. The number of carbonyl (C=O) groups excluding carboxylic acids is 1. The number of likely N-dealkylation sites (N-methyl/N-ethyl adjacent to an activating group) is 1. The maximum atomic E-state index is 13.1. The lowest BCUT2D eigenvalue weighted by atomic mass is 10.0. The van der Waals surface area contributed by atoms with Crippen molar-refractivity contribution in [1.29, 1.82) is 0 Å². The van der Waals surface area contributed by atoms with Crippen LogP contribution in [0.2, 0.25) is 0 Å². The minimum atomic E-state index is -0.202. The van der Waals surface area contributed by atoms with Gasteiger partial charge in [-0.1, -0.05) is 18.2 Å². The van der Waals surface area contributed by atoms with Gasteiger partial charge in [0.1, 0.15) is 5.58 Å². The van der Waals surface area contributed by atoms with Gasteiger partial charge < -0.3 is 19.5 Å². The number of carbonyl (C=O) groups is 1. The van der Waals surface area contributed by atoms with Crippen LogP contribution in [0.25, 0.3) is 11.0 Å². The number of benzene rings is 2. The normalized spacial score (nSPS) is 14.7. The lowest BCUT2D eigenvalue weighted by molar-refractivity contribution is 0.0998. The van der Waals surface area contributed by atoms with Crippen molar-refractivity contribution in [2.75, 3.05) is 43.4 Å². The smallest absolute Gasteiger partial charge is 0.291 e. The van der Waals surface area contributed by atoms with E-state index in [1.807, 2.05) is 38.1 Å². The SMILES string of the molecule is Cc1cc(C)c2c(C)c(C(=O)Nc3ccccc3N3CCN(C)CC3)oc2c1.Cl. The lowest BCUT2D eigenvalue weighted by Gasteiger charge is -2.35. The molecule has 0 atom stereocenters. The first kappa shape index (κ1) is 21.2. The van der Waals surface area contributed by atoms with Gasteiger partial charge in [0.25, 0.3) is 5.91 Å². The van der Waals surface area contributed by atoms with Gasteiger partial charge in [-0.3, -0.25) is 4.79 Å². The Morgan fingerprint density at radius 1 is 1.03 bits per heavy atom. The summed E-state index contributed by atoms with van der Waals surface area (Å²) in [7, 11) is 2.14. The third-order valence-corrected chi connectivity index (χ3v) is 5.57. The van der Waals surface area contributed by atoms with E-state index < -0.39 is 0 Å². The molecule has 1 N–H and O–H groups in total. The maximum Gasteiger partial charge on any atom is 0.291 e. The number of aryl methyl sites for hydroxylation is 3. The number of rotatable bonds is 3. The highest BCUT2D eigenvalue weighted by Crippen LogP contribution is 2.31. The van der Waals surface area contributed by atoms with Gasteiger partial charge in [0.15, 0.2) is 5.76 Å². The van der Waals surface area contributed by atoms with Gasteiger partial charge in [-0.25, -0.2) is 0 Å². The molecule has 0 radical (unpaired) electrons. The van der Waals surface area contributed by atoms with Crippen molar-refractivity contribution < 1.29 is 9.21 Å². The molecule has 2 heterocycles. The largest absolute Gasteiger partial charge is 0.451 e. The average molecular weight is 414 g/mol. The van der Waals surface area contributed by atoms with Crippen molar-refractivity contribution in [1.82, 2.24) is 4.90 Å². The molecular weight excluding hydrogens is 386 g/mol. The van der Waals surface area contributed by atoms with Crippen molar-refractivity contribution in [3.63, 3.8) is 0 Å². The van der Waals surface area contributed by atoms with Gasteiger partial charge in [-0.15, -0.1) is 12.4 Å². The molecule has 4 rings (SSSR count). The number of piperazine rings is 1. The Hall–Kier alpha value is -2.50. The molecule has 1 amide bonds. The summed E-state index contributed by atoms with van der Waals surface area (Å²) in [5, 5.41) is 4.11. The molecule has 0 spiro atoms. The fourth-order valence-corrected chi connectivity index (χ4v) is 4.09. The molecule has 2 aromatic carbocycles. The molecule has 0 bridgehead atoms.